The van der Waals surface area contributed by atoms with E-state index in [2.05, 4.69) is 5.32 Å². The second-order valence-corrected chi connectivity index (χ2v) is 8.07. The molecule has 0 atom stereocenters. The number of anilines is 2. The number of sulfonamides is 1. The van der Waals surface area contributed by atoms with Gasteiger partial charge in [-0.2, -0.15) is 0 Å². The third-order valence-electron chi connectivity index (χ3n) is 4.25. The predicted molar refractivity (Wildman–Crippen MR) is 107 cm³/mol. The monoisotopic (exact) mass is 374 g/mol. The van der Waals surface area contributed by atoms with Crippen molar-refractivity contribution >= 4 is 27.3 Å². The third-order valence-corrected chi connectivity index (χ3v) is 5.44. The highest BCUT2D eigenvalue weighted by Crippen LogP contribution is 2.20. The largest absolute Gasteiger partial charge is 0.326 e. The maximum atomic E-state index is 12.3. The molecule has 0 saturated carbocycles. The van der Waals surface area contributed by atoms with Crippen LogP contribution in [-0.2, 0) is 27.7 Å². The van der Waals surface area contributed by atoms with Crippen LogP contribution in [0.5, 0.6) is 0 Å². The lowest BCUT2D eigenvalue weighted by atomic mass is 10.1. The minimum absolute atomic E-state index is 0.0840. The van der Waals surface area contributed by atoms with Crippen molar-refractivity contribution in [2.75, 3.05) is 22.4 Å². The van der Waals surface area contributed by atoms with Crippen molar-refractivity contribution in [1.29, 1.82) is 0 Å². The van der Waals surface area contributed by atoms with Gasteiger partial charge < -0.3 is 5.32 Å². The summed E-state index contributed by atoms with van der Waals surface area (Å²) in [5.74, 6) is -0.204. The molecule has 0 spiro atoms. The molecule has 0 fully saturated rings. The zero-order valence-corrected chi connectivity index (χ0v) is 16.3. The van der Waals surface area contributed by atoms with Crippen molar-refractivity contribution in [3.05, 3.63) is 59.7 Å². The van der Waals surface area contributed by atoms with Crippen molar-refractivity contribution in [2.45, 2.75) is 33.1 Å². The Hall–Kier alpha value is -2.34. The van der Waals surface area contributed by atoms with Crippen LogP contribution in [0.3, 0.4) is 0 Å². The molecule has 0 heterocycles. The van der Waals surface area contributed by atoms with Crippen molar-refractivity contribution in [3.8, 4) is 0 Å². The van der Waals surface area contributed by atoms with Crippen LogP contribution >= 0.6 is 0 Å². The topological polar surface area (TPSA) is 66.5 Å². The van der Waals surface area contributed by atoms with Gasteiger partial charge in [0.2, 0.25) is 15.9 Å². The minimum Gasteiger partial charge on any atom is -0.326 e. The first kappa shape index (κ1) is 20.0. The first-order valence-corrected chi connectivity index (χ1v) is 10.6. The molecule has 140 valence electrons. The fourth-order valence-electron chi connectivity index (χ4n) is 2.75. The highest BCUT2D eigenvalue weighted by atomic mass is 32.2. The lowest BCUT2D eigenvalue weighted by molar-refractivity contribution is -0.116. The molecule has 5 nitrogen and oxygen atoms in total. The summed E-state index contributed by atoms with van der Waals surface area (Å²) in [7, 11) is -3.47. The summed E-state index contributed by atoms with van der Waals surface area (Å²) in [4.78, 5) is 12.3. The molecule has 2 aromatic carbocycles. The minimum atomic E-state index is -3.47. The Kier molecular flexibility index (Phi) is 6.80. The molecule has 1 amide bonds. The van der Waals surface area contributed by atoms with Crippen molar-refractivity contribution in [3.63, 3.8) is 0 Å². The number of carbonyl (C=O) groups is 1. The van der Waals surface area contributed by atoms with Gasteiger partial charge in [0.15, 0.2) is 0 Å². The van der Waals surface area contributed by atoms with Gasteiger partial charge in [-0.15, -0.1) is 0 Å². The fourth-order valence-corrected chi connectivity index (χ4v) is 3.68. The van der Waals surface area contributed by atoms with E-state index in [0.29, 0.717) is 5.69 Å². The number of carbonyl (C=O) groups excluding carboxylic acids is 1. The van der Waals surface area contributed by atoms with Crippen LogP contribution in [0.25, 0.3) is 0 Å². The van der Waals surface area contributed by atoms with E-state index in [4.69, 9.17) is 0 Å². The lowest BCUT2D eigenvalue weighted by Gasteiger charge is -2.22. The number of amides is 1. The molecular formula is C20H26N2O3S. The highest BCUT2D eigenvalue weighted by molar-refractivity contribution is 7.92. The molecule has 0 aliphatic rings. The Bertz CT molecular complexity index is 846. The zero-order valence-electron chi connectivity index (χ0n) is 15.5. The number of nitrogens with zero attached hydrogens (tertiary/aromatic N) is 1. The molecule has 0 aliphatic heterocycles. The van der Waals surface area contributed by atoms with E-state index in [9.17, 15) is 13.2 Å². The second-order valence-electron chi connectivity index (χ2n) is 6.16. The second kappa shape index (κ2) is 8.85. The van der Waals surface area contributed by atoms with Crippen LogP contribution in [0.15, 0.2) is 48.5 Å². The Labute approximate surface area is 156 Å². The standard InChI is InChI=1S/C20H26N2O3S/c1-4-16-10-12-18(13-11-16)22(26(3,24)25)15-14-20(23)21-19-9-7-6-8-17(19)5-2/h6-13H,4-5,14-15H2,1-3H3,(H,21,23). The van der Waals surface area contributed by atoms with Crippen LogP contribution in [0.1, 0.15) is 31.4 Å². The van der Waals surface area contributed by atoms with Crippen molar-refractivity contribution < 1.29 is 13.2 Å². The first-order chi connectivity index (χ1) is 12.3. The smallest absolute Gasteiger partial charge is 0.232 e. The molecule has 0 unspecified atom stereocenters. The van der Waals surface area contributed by atoms with Crippen LogP contribution in [0.2, 0.25) is 0 Å². The summed E-state index contributed by atoms with van der Waals surface area (Å²) in [6.45, 7) is 4.17. The van der Waals surface area contributed by atoms with E-state index < -0.39 is 10.0 Å². The van der Waals surface area contributed by atoms with Gasteiger partial charge in [-0.1, -0.05) is 44.2 Å². The lowest BCUT2D eigenvalue weighted by Crippen LogP contribution is -2.33. The molecule has 0 radical (unpaired) electrons. The van der Waals surface area contributed by atoms with E-state index in [-0.39, 0.29) is 18.9 Å². The fraction of sp³-hybridized carbons (Fsp3) is 0.350. The zero-order chi connectivity index (χ0) is 19.2. The molecule has 0 bridgehead atoms. The summed E-state index contributed by atoms with van der Waals surface area (Å²) >= 11 is 0. The van der Waals surface area contributed by atoms with E-state index in [1.807, 2.05) is 50.2 Å². The molecule has 1 N–H and O–H groups in total. The Morgan fingerprint density at radius 1 is 1.00 bits per heavy atom. The number of aryl methyl sites for hydroxylation is 2. The average molecular weight is 375 g/mol. The normalized spacial score (nSPS) is 11.2. The number of hydrogen-bond acceptors (Lipinski definition) is 3. The quantitative estimate of drug-likeness (QED) is 0.768. The summed E-state index contributed by atoms with van der Waals surface area (Å²) in [6.07, 6.45) is 2.94. The Morgan fingerprint density at radius 3 is 2.23 bits per heavy atom. The number of para-hydroxylation sites is 1. The van der Waals surface area contributed by atoms with Crippen LogP contribution in [-0.4, -0.2) is 27.1 Å². The van der Waals surface area contributed by atoms with Gasteiger partial charge in [0, 0.05) is 18.7 Å². The molecule has 2 rings (SSSR count). The molecule has 0 aliphatic carbocycles. The van der Waals surface area contributed by atoms with Gasteiger partial charge in [-0.05, 0) is 42.2 Å². The van der Waals surface area contributed by atoms with Crippen LogP contribution < -0.4 is 9.62 Å². The predicted octanol–water partition coefficient (Wildman–Crippen LogP) is 3.61. The summed E-state index contributed by atoms with van der Waals surface area (Å²) in [5, 5.41) is 2.88. The summed E-state index contributed by atoms with van der Waals surface area (Å²) in [5.41, 5.74) is 3.54. The Morgan fingerprint density at radius 2 is 1.65 bits per heavy atom. The molecule has 2 aromatic rings. The van der Waals surface area contributed by atoms with Gasteiger partial charge in [-0.3, -0.25) is 9.10 Å². The average Bonchev–Trinajstić information content (AvgIpc) is 2.61. The third kappa shape index (κ3) is 5.33. The molecule has 0 aromatic heterocycles. The van der Waals surface area contributed by atoms with E-state index in [0.717, 1.165) is 35.9 Å². The molecular weight excluding hydrogens is 348 g/mol. The maximum absolute atomic E-state index is 12.3. The molecule has 0 saturated heterocycles. The van der Waals surface area contributed by atoms with Crippen LogP contribution in [0.4, 0.5) is 11.4 Å². The highest BCUT2D eigenvalue weighted by Gasteiger charge is 2.18. The maximum Gasteiger partial charge on any atom is 0.232 e. The molecule has 26 heavy (non-hydrogen) atoms. The number of benzene rings is 2. The van der Waals surface area contributed by atoms with Crippen molar-refractivity contribution in [1.82, 2.24) is 0 Å². The molecule has 6 heteroatoms. The van der Waals surface area contributed by atoms with Crippen molar-refractivity contribution in [2.24, 2.45) is 0 Å². The SMILES string of the molecule is CCc1ccc(N(CCC(=O)Nc2ccccc2CC)S(C)(=O)=O)cc1. The summed E-state index contributed by atoms with van der Waals surface area (Å²) in [6, 6.07) is 15.0. The number of rotatable bonds is 8. The van der Waals surface area contributed by atoms with E-state index >= 15 is 0 Å². The van der Waals surface area contributed by atoms with Gasteiger partial charge in [-0.25, -0.2) is 8.42 Å². The number of nitrogens with one attached hydrogen (secondary N) is 1. The summed E-state index contributed by atoms with van der Waals surface area (Å²) < 4.78 is 25.6. The van der Waals surface area contributed by atoms with Gasteiger partial charge in [0.1, 0.15) is 0 Å². The van der Waals surface area contributed by atoms with Crippen LogP contribution in [0, 0.1) is 0 Å². The van der Waals surface area contributed by atoms with E-state index in [1.165, 1.54) is 4.31 Å². The number of hydrogen-bond donors (Lipinski definition) is 1. The van der Waals surface area contributed by atoms with Gasteiger partial charge >= 0.3 is 0 Å². The van der Waals surface area contributed by atoms with Gasteiger partial charge in [0.25, 0.3) is 0 Å². The Balaban J connectivity index is 2.08. The van der Waals surface area contributed by atoms with E-state index in [1.54, 1.807) is 12.1 Å². The first-order valence-electron chi connectivity index (χ1n) is 8.79. The van der Waals surface area contributed by atoms with Gasteiger partial charge in [0.05, 0.1) is 11.9 Å².